The van der Waals surface area contributed by atoms with Crippen molar-refractivity contribution in [3.63, 3.8) is 0 Å². The number of aryl methyl sites for hydroxylation is 1. The molecule has 1 saturated carbocycles. The van der Waals surface area contributed by atoms with Gasteiger partial charge in [-0.2, -0.15) is 5.26 Å². The molecule has 0 aromatic heterocycles. The van der Waals surface area contributed by atoms with Crippen molar-refractivity contribution in [2.75, 3.05) is 0 Å². The number of hydrogen-bond donors (Lipinski definition) is 1. The number of aliphatic carboxylic acids is 1. The number of rotatable bonds is 2. The summed E-state index contributed by atoms with van der Waals surface area (Å²) in [6.45, 7) is 3.80. The molecule has 0 radical (unpaired) electrons. The Kier molecular flexibility index (Phi) is 2.23. The largest absolute Gasteiger partial charge is 0.481 e. The summed E-state index contributed by atoms with van der Waals surface area (Å²) >= 11 is 0. The van der Waals surface area contributed by atoms with Crippen LogP contribution in [0.3, 0.4) is 0 Å². The first-order chi connectivity index (χ1) is 7.51. The lowest BCUT2D eigenvalue weighted by molar-refractivity contribution is -0.140. The van der Waals surface area contributed by atoms with Gasteiger partial charge >= 0.3 is 5.97 Å². The van der Waals surface area contributed by atoms with E-state index in [0.29, 0.717) is 18.4 Å². The maximum atomic E-state index is 11.2. The highest BCUT2D eigenvalue weighted by Gasteiger charge is 2.51. The second-order valence-corrected chi connectivity index (χ2v) is 4.46. The Morgan fingerprint density at radius 2 is 2.06 bits per heavy atom. The molecule has 2 rings (SSSR count). The summed E-state index contributed by atoms with van der Waals surface area (Å²) in [5.41, 5.74) is 2.57. The minimum atomic E-state index is -0.778. The Morgan fingerprint density at radius 3 is 2.50 bits per heavy atom. The van der Waals surface area contributed by atoms with Crippen LogP contribution in [0.15, 0.2) is 12.1 Å². The molecule has 82 valence electrons. The zero-order valence-corrected chi connectivity index (χ0v) is 9.37. The quantitative estimate of drug-likeness (QED) is 0.823. The lowest BCUT2D eigenvalue weighted by Gasteiger charge is -2.13. The van der Waals surface area contributed by atoms with E-state index < -0.39 is 11.4 Å². The summed E-state index contributed by atoms with van der Waals surface area (Å²) in [4.78, 5) is 11.2. The molecule has 0 heterocycles. The number of nitrogens with zero attached hydrogens (tertiary/aromatic N) is 1. The molecule has 0 saturated heterocycles. The van der Waals surface area contributed by atoms with Crippen molar-refractivity contribution in [3.05, 3.63) is 34.4 Å². The molecular formula is C13H13NO2. The van der Waals surface area contributed by atoms with E-state index in [9.17, 15) is 9.90 Å². The Labute approximate surface area is 94.3 Å². The van der Waals surface area contributed by atoms with Gasteiger partial charge in [0.25, 0.3) is 0 Å². The van der Waals surface area contributed by atoms with E-state index in [4.69, 9.17) is 5.26 Å². The summed E-state index contributed by atoms with van der Waals surface area (Å²) < 4.78 is 0. The molecule has 1 aliphatic rings. The monoisotopic (exact) mass is 215 g/mol. The van der Waals surface area contributed by atoms with Gasteiger partial charge in [-0.15, -0.1) is 0 Å². The van der Waals surface area contributed by atoms with Crippen LogP contribution in [0.5, 0.6) is 0 Å². The van der Waals surface area contributed by atoms with Crippen molar-refractivity contribution >= 4 is 5.97 Å². The summed E-state index contributed by atoms with van der Waals surface area (Å²) in [5, 5.41) is 18.2. The van der Waals surface area contributed by atoms with Crippen LogP contribution in [-0.4, -0.2) is 11.1 Å². The Morgan fingerprint density at radius 1 is 1.44 bits per heavy atom. The molecule has 0 spiro atoms. The first-order valence-electron chi connectivity index (χ1n) is 5.26. The summed E-state index contributed by atoms with van der Waals surface area (Å²) in [6.07, 6.45) is 1.35. The summed E-state index contributed by atoms with van der Waals surface area (Å²) in [5.74, 6) is -0.778. The van der Waals surface area contributed by atoms with Crippen molar-refractivity contribution in [1.82, 2.24) is 0 Å². The third-order valence-corrected chi connectivity index (χ3v) is 3.50. The average molecular weight is 215 g/mol. The van der Waals surface area contributed by atoms with Gasteiger partial charge in [0.15, 0.2) is 0 Å². The number of nitriles is 1. The SMILES string of the molecule is Cc1cc(C2(C(=O)O)CC2)cc(C#N)c1C. The van der Waals surface area contributed by atoms with Gasteiger partial charge in [0.05, 0.1) is 17.0 Å². The molecule has 1 N–H and O–H groups in total. The number of benzene rings is 1. The molecule has 0 amide bonds. The van der Waals surface area contributed by atoms with Gasteiger partial charge in [0.1, 0.15) is 0 Å². The van der Waals surface area contributed by atoms with E-state index in [1.165, 1.54) is 0 Å². The normalized spacial score (nSPS) is 16.6. The fourth-order valence-corrected chi connectivity index (χ4v) is 2.00. The maximum Gasteiger partial charge on any atom is 0.314 e. The lowest BCUT2D eigenvalue weighted by Crippen LogP contribution is -2.20. The lowest BCUT2D eigenvalue weighted by atomic mass is 9.90. The minimum absolute atomic E-state index is 0.586. The molecule has 3 heteroatoms. The number of carbonyl (C=O) groups is 1. The van der Waals surface area contributed by atoms with E-state index in [1.54, 1.807) is 6.07 Å². The Balaban J connectivity index is 2.57. The second-order valence-electron chi connectivity index (χ2n) is 4.46. The van der Waals surface area contributed by atoms with Gasteiger partial charge in [-0.3, -0.25) is 4.79 Å². The fourth-order valence-electron chi connectivity index (χ4n) is 2.00. The van der Waals surface area contributed by atoms with Gasteiger partial charge in [0, 0.05) is 0 Å². The van der Waals surface area contributed by atoms with E-state index in [-0.39, 0.29) is 0 Å². The molecule has 3 nitrogen and oxygen atoms in total. The summed E-state index contributed by atoms with van der Waals surface area (Å²) in [7, 11) is 0. The van der Waals surface area contributed by atoms with E-state index in [2.05, 4.69) is 6.07 Å². The Hall–Kier alpha value is -1.82. The van der Waals surface area contributed by atoms with Crippen molar-refractivity contribution in [1.29, 1.82) is 5.26 Å². The first kappa shape index (κ1) is 10.7. The van der Waals surface area contributed by atoms with Gasteiger partial charge in [-0.05, 0) is 49.4 Å². The molecule has 1 aromatic rings. The van der Waals surface area contributed by atoms with E-state index in [1.807, 2.05) is 19.9 Å². The van der Waals surface area contributed by atoms with Gasteiger partial charge in [-0.25, -0.2) is 0 Å². The van der Waals surface area contributed by atoms with Crippen LogP contribution in [0.2, 0.25) is 0 Å². The molecular weight excluding hydrogens is 202 g/mol. The van der Waals surface area contributed by atoms with Crippen LogP contribution >= 0.6 is 0 Å². The highest BCUT2D eigenvalue weighted by atomic mass is 16.4. The smallest absolute Gasteiger partial charge is 0.314 e. The molecule has 1 aliphatic carbocycles. The number of hydrogen-bond acceptors (Lipinski definition) is 2. The molecule has 16 heavy (non-hydrogen) atoms. The molecule has 0 unspecified atom stereocenters. The van der Waals surface area contributed by atoms with E-state index in [0.717, 1.165) is 16.7 Å². The molecule has 1 aromatic carbocycles. The summed E-state index contributed by atoms with van der Waals surface area (Å²) in [6, 6.07) is 5.75. The van der Waals surface area contributed by atoms with Gasteiger partial charge < -0.3 is 5.11 Å². The third kappa shape index (κ3) is 1.38. The maximum absolute atomic E-state index is 11.2. The van der Waals surface area contributed by atoms with Gasteiger partial charge in [-0.1, -0.05) is 6.07 Å². The molecule has 0 bridgehead atoms. The van der Waals surface area contributed by atoms with Crippen molar-refractivity contribution < 1.29 is 9.90 Å². The van der Waals surface area contributed by atoms with Crippen LogP contribution < -0.4 is 0 Å². The second kappa shape index (κ2) is 3.34. The van der Waals surface area contributed by atoms with E-state index >= 15 is 0 Å². The topological polar surface area (TPSA) is 61.1 Å². The van der Waals surface area contributed by atoms with Crippen molar-refractivity contribution in [2.24, 2.45) is 0 Å². The van der Waals surface area contributed by atoms with Crippen LogP contribution in [0, 0.1) is 25.2 Å². The van der Waals surface area contributed by atoms with Gasteiger partial charge in [0.2, 0.25) is 0 Å². The predicted molar refractivity (Wildman–Crippen MR) is 59.2 cm³/mol. The minimum Gasteiger partial charge on any atom is -0.481 e. The number of carboxylic acids is 1. The van der Waals surface area contributed by atoms with Crippen molar-refractivity contribution in [2.45, 2.75) is 32.1 Å². The zero-order chi connectivity index (χ0) is 11.9. The molecule has 1 fully saturated rings. The number of carboxylic acid groups (broad SMARTS) is 1. The average Bonchev–Trinajstić information content (AvgIpc) is 3.02. The molecule has 0 atom stereocenters. The fraction of sp³-hybridized carbons (Fsp3) is 0.385. The first-order valence-corrected chi connectivity index (χ1v) is 5.26. The van der Waals surface area contributed by atoms with Crippen LogP contribution in [0.4, 0.5) is 0 Å². The third-order valence-electron chi connectivity index (χ3n) is 3.50. The van der Waals surface area contributed by atoms with Crippen LogP contribution in [0.1, 0.15) is 35.1 Å². The zero-order valence-electron chi connectivity index (χ0n) is 9.37. The van der Waals surface area contributed by atoms with Crippen molar-refractivity contribution in [3.8, 4) is 6.07 Å². The predicted octanol–water partition coefficient (Wildman–Crippen LogP) is 2.29. The highest BCUT2D eigenvalue weighted by Crippen LogP contribution is 2.49. The Bertz CT molecular complexity index is 507. The van der Waals surface area contributed by atoms with Crippen LogP contribution in [-0.2, 0) is 10.2 Å². The molecule has 0 aliphatic heterocycles. The standard InChI is InChI=1S/C13H13NO2/c1-8-5-11(6-10(7-14)9(8)2)13(3-4-13)12(15)16/h5-6H,3-4H2,1-2H3,(H,15,16). The highest BCUT2D eigenvalue weighted by molar-refractivity contribution is 5.85. The van der Waals surface area contributed by atoms with Crippen LogP contribution in [0.25, 0.3) is 0 Å².